The van der Waals surface area contributed by atoms with E-state index in [1.807, 2.05) is 0 Å². The summed E-state index contributed by atoms with van der Waals surface area (Å²) in [4.78, 5) is 13.6. The van der Waals surface area contributed by atoms with Gasteiger partial charge in [0.05, 0.1) is 5.52 Å². The molecular formula is C10H8N4O3. The van der Waals surface area contributed by atoms with Gasteiger partial charge in [0, 0.05) is 5.39 Å². The number of nitrogens with one attached hydrogen (secondary N) is 1. The van der Waals surface area contributed by atoms with Gasteiger partial charge in [-0.1, -0.05) is 23.4 Å². The van der Waals surface area contributed by atoms with Gasteiger partial charge >= 0.3 is 5.91 Å². The average Bonchev–Trinajstić information content (AvgIpc) is 2.62. The van der Waals surface area contributed by atoms with Gasteiger partial charge in [-0.05, 0) is 6.07 Å². The normalized spacial score (nSPS) is 11.8. The van der Waals surface area contributed by atoms with Crippen molar-refractivity contribution in [3.8, 4) is 5.88 Å². The van der Waals surface area contributed by atoms with Crippen LogP contribution in [-0.4, -0.2) is 27.4 Å². The summed E-state index contributed by atoms with van der Waals surface area (Å²) < 4.78 is 0. The summed E-state index contributed by atoms with van der Waals surface area (Å²) in [6.07, 6.45) is 0.607. The van der Waals surface area contributed by atoms with Crippen LogP contribution in [0.15, 0.2) is 39.6 Å². The zero-order valence-electron chi connectivity index (χ0n) is 8.53. The van der Waals surface area contributed by atoms with Crippen LogP contribution in [0.3, 0.4) is 0 Å². The number of carbonyl (C=O) groups excluding carboxylic acids is 1. The molecule has 0 unspecified atom stereocenters. The van der Waals surface area contributed by atoms with E-state index in [2.05, 4.69) is 20.4 Å². The first-order valence-corrected chi connectivity index (χ1v) is 4.65. The maximum absolute atomic E-state index is 10.9. The highest BCUT2D eigenvalue weighted by Crippen LogP contribution is 2.34. The molecule has 1 aromatic carbocycles. The summed E-state index contributed by atoms with van der Waals surface area (Å²) in [6, 6.07) is 7.05. The van der Waals surface area contributed by atoms with E-state index in [9.17, 15) is 9.90 Å². The number of aromatic nitrogens is 1. The van der Waals surface area contributed by atoms with Crippen molar-refractivity contribution in [2.24, 2.45) is 15.4 Å². The molecule has 2 aromatic rings. The summed E-state index contributed by atoms with van der Waals surface area (Å²) in [5.74, 6) is -0.999. The predicted molar refractivity (Wildman–Crippen MR) is 59.8 cm³/mol. The largest absolute Gasteiger partial charge is 0.493 e. The number of amides is 1. The van der Waals surface area contributed by atoms with Crippen LogP contribution < -0.4 is 0 Å². The number of fused-ring (bicyclic) bond motifs is 1. The Balaban J connectivity index is 2.42. The SMILES string of the molecule is O=C(/C=N/O)N=Nc1c(O)[nH]c2ccccc12. The van der Waals surface area contributed by atoms with Crippen LogP contribution in [0.4, 0.5) is 5.69 Å². The molecule has 0 bridgehead atoms. The molecule has 7 nitrogen and oxygen atoms in total. The zero-order valence-corrected chi connectivity index (χ0v) is 8.53. The molecule has 1 heterocycles. The molecule has 0 atom stereocenters. The fourth-order valence-corrected chi connectivity index (χ4v) is 1.39. The zero-order chi connectivity index (χ0) is 12.3. The van der Waals surface area contributed by atoms with Crippen LogP contribution in [0.25, 0.3) is 10.9 Å². The molecule has 0 saturated carbocycles. The maximum Gasteiger partial charge on any atom is 0.309 e. The molecule has 0 aliphatic heterocycles. The number of oxime groups is 1. The summed E-state index contributed by atoms with van der Waals surface area (Å²) in [5, 5.41) is 27.7. The van der Waals surface area contributed by atoms with Crippen LogP contribution in [-0.2, 0) is 4.79 Å². The Hall–Kier alpha value is -2.70. The number of hydrogen-bond donors (Lipinski definition) is 3. The Bertz CT molecular complexity index is 615. The number of aromatic amines is 1. The molecule has 0 spiro atoms. The number of aromatic hydroxyl groups is 1. The van der Waals surface area contributed by atoms with Crippen molar-refractivity contribution in [2.75, 3.05) is 0 Å². The fourth-order valence-electron chi connectivity index (χ4n) is 1.39. The minimum Gasteiger partial charge on any atom is -0.493 e. The lowest BCUT2D eigenvalue weighted by Gasteiger charge is -1.89. The summed E-state index contributed by atoms with van der Waals surface area (Å²) in [5.41, 5.74) is 0.850. The van der Waals surface area contributed by atoms with E-state index in [0.29, 0.717) is 17.1 Å². The Labute approximate surface area is 95.1 Å². The molecule has 0 saturated heterocycles. The Kier molecular flexibility index (Phi) is 2.82. The number of H-pyrrole nitrogens is 1. The highest BCUT2D eigenvalue weighted by Gasteiger charge is 2.09. The smallest absolute Gasteiger partial charge is 0.309 e. The van der Waals surface area contributed by atoms with Gasteiger partial charge in [0.1, 0.15) is 6.21 Å². The van der Waals surface area contributed by atoms with Crippen LogP contribution in [0.1, 0.15) is 0 Å². The molecule has 86 valence electrons. The molecule has 1 amide bonds. The van der Waals surface area contributed by atoms with Crippen molar-refractivity contribution in [2.45, 2.75) is 0 Å². The highest BCUT2D eigenvalue weighted by molar-refractivity contribution is 6.26. The topological polar surface area (TPSA) is 110 Å². The van der Waals surface area contributed by atoms with E-state index in [0.717, 1.165) is 0 Å². The monoisotopic (exact) mass is 232 g/mol. The highest BCUT2D eigenvalue weighted by atomic mass is 16.4. The predicted octanol–water partition coefficient (Wildman–Crippen LogP) is 1.94. The second-order valence-electron chi connectivity index (χ2n) is 3.15. The Morgan fingerprint density at radius 3 is 2.88 bits per heavy atom. The van der Waals surface area contributed by atoms with Crippen LogP contribution in [0.5, 0.6) is 5.88 Å². The number of para-hydroxylation sites is 1. The number of hydrogen-bond acceptors (Lipinski definition) is 5. The number of carbonyl (C=O) groups is 1. The number of rotatable bonds is 2. The number of azo groups is 1. The summed E-state index contributed by atoms with van der Waals surface area (Å²) in [7, 11) is 0. The molecular weight excluding hydrogens is 224 g/mol. The minimum atomic E-state index is -0.822. The molecule has 17 heavy (non-hydrogen) atoms. The third-order valence-electron chi connectivity index (χ3n) is 2.08. The van der Waals surface area contributed by atoms with Crippen LogP contribution in [0, 0.1) is 0 Å². The second kappa shape index (κ2) is 4.44. The summed E-state index contributed by atoms with van der Waals surface area (Å²) in [6.45, 7) is 0. The van der Waals surface area contributed by atoms with Crippen molar-refractivity contribution < 1.29 is 15.1 Å². The van der Waals surface area contributed by atoms with E-state index in [1.54, 1.807) is 24.3 Å². The Morgan fingerprint density at radius 2 is 2.12 bits per heavy atom. The van der Waals surface area contributed by atoms with Crippen molar-refractivity contribution in [1.82, 2.24) is 4.98 Å². The van der Waals surface area contributed by atoms with Gasteiger partial charge in [0.15, 0.2) is 5.69 Å². The van der Waals surface area contributed by atoms with E-state index in [1.165, 1.54) is 0 Å². The third-order valence-corrected chi connectivity index (χ3v) is 2.08. The molecule has 0 aliphatic carbocycles. The standard InChI is InChI=1S/C10H8N4O3/c15-8(5-11-17)13-14-9-6-3-1-2-4-7(6)12-10(9)16/h1-5,12,16-17H/b11-5+,14-13?. The van der Waals surface area contributed by atoms with E-state index < -0.39 is 5.91 Å². The van der Waals surface area contributed by atoms with Gasteiger partial charge in [-0.25, -0.2) is 0 Å². The van der Waals surface area contributed by atoms with Crippen LogP contribution >= 0.6 is 0 Å². The lowest BCUT2D eigenvalue weighted by molar-refractivity contribution is -0.111. The molecule has 2 rings (SSSR count). The molecule has 0 fully saturated rings. The molecule has 0 radical (unpaired) electrons. The second-order valence-corrected chi connectivity index (χ2v) is 3.15. The molecule has 7 heteroatoms. The Morgan fingerprint density at radius 1 is 1.35 bits per heavy atom. The first-order valence-electron chi connectivity index (χ1n) is 4.65. The first kappa shape index (κ1) is 10.8. The quantitative estimate of drug-likeness (QED) is 0.318. The molecule has 0 aliphatic rings. The first-order chi connectivity index (χ1) is 8.22. The molecule has 1 aromatic heterocycles. The van der Waals surface area contributed by atoms with E-state index in [-0.39, 0.29) is 11.6 Å². The average molecular weight is 232 g/mol. The van der Waals surface area contributed by atoms with E-state index >= 15 is 0 Å². The molecule has 3 N–H and O–H groups in total. The maximum atomic E-state index is 10.9. The lowest BCUT2D eigenvalue weighted by atomic mass is 10.2. The van der Waals surface area contributed by atoms with Crippen molar-refractivity contribution in [3.05, 3.63) is 24.3 Å². The van der Waals surface area contributed by atoms with Gasteiger partial charge in [0.2, 0.25) is 5.88 Å². The van der Waals surface area contributed by atoms with Gasteiger partial charge in [-0.3, -0.25) is 4.79 Å². The minimum absolute atomic E-state index is 0.167. The third kappa shape index (κ3) is 2.12. The fraction of sp³-hybridized carbons (Fsp3) is 0. The lowest BCUT2D eigenvalue weighted by Crippen LogP contribution is -1.91. The van der Waals surface area contributed by atoms with Gasteiger partial charge in [-0.2, -0.15) is 0 Å². The van der Waals surface area contributed by atoms with Crippen LogP contribution in [0.2, 0.25) is 0 Å². The van der Waals surface area contributed by atoms with Gasteiger partial charge in [0.25, 0.3) is 0 Å². The van der Waals surface area contributed by atoms with Crippen molar-refractivity contribution in [1.29, 1.82) is 0 Å². The summed E-state index contributed by atoms with van der Waals surface area (Å²) >= 11 is 0. The van der Waals surface area contributed by atoms with Gasteiger partial charge in [-0.15, -0.1) is 10.2 Å². The van der Waals surface area contributed by atoms with Gasteiger partial charge < -0.3 is 15.3 Å². The van der Waals surface area contributed by atoms with Crippen molar-refractivity contribution in [3.63, 3.8) is 0 Å². The number of benzene rings is 1. The van der Waals surface area contributed by atoms with Crippen molar-refractivity contribution >= 4 is 28.7 Å². The number of nitrogens with zero attached hydrogens (tertiary/aromatic N) is 3. The van der Waals surface area contributed by atoms with E-state index in [4.69, 9.17) is 5.21 Å².